The van der Waals surface area contributed by atoms with Crippen LogP contribution in [0.3, 0.4) is 0 Å². The molecule has 0 bridgehead atoms. The van der Waals surface area contributed by atoms with Crippen LogP contribution < -0.4 is 5.32 Å². The van der Waals surface area contributed by atoms with Gasteiger partial charge in [-0.05, 0) is 25.0 Å². The number of hydrogen-bond acceptors (Lipinski definition) is 5. The summed E-state index contributed by atoms with van der Waals surface area (Å²) < 4.78 is 10.7. The van der Waals surface area contributed by atoms with Gasteiger partial charge in [0.25, 0.3) is 0 Å². The van der Waals surface area contributed by atoms with Gasteiger partial charge in [0.15, 0.2) is 12.2 Å². The van der Waals surface area contributed by atoms with Crippen molar-refractivity contribution in [3.63, 3.8) is 0 Å². The van der Waals surface area contributed by atoms with E-state index in [1.807, 2.05) is 0 Å². The molecule has 2 N–H and O–H groups in total. The number of nitrogens with one attached hydrogen (secondary N) is 1. The van der Waals surface area contributed by atoms with Crippen LogP contribution in [0.25, 0.3) is 0 Å². The van der Waals surface area contributed by atoms with Gasteiger partial charge in [-0.3, -0.25) is 9.59 Å². The highest BCUT2D eigenvalue weighted by Crippen LogP contribution is 2.40. The summed E-state index contributed by atoms with van der Waals surface area (Å²) in [7, 11) is 0. The SMILES string of the molecule is O=C(Nc1cccc(Cl)c1Cl)C1C(=O)OC2(CCCC2)OC1O. The smallest absolute Gasteiger partial charge is 0.326 e. The van der Waals surface area contributed by atoms with Gasteiger partial charge in [0.2, 0.25) is 11.7 Å². The minimum Gasteiger partial charge on any atom is -0.432 e. The number of anilines is 1. The van der Waals surface area contributed by atoms with Crippen molar-refractivity contribution in [3.05, 3.63) is 28.2 Å². The average Bonchev–Trinajstić information content (AvgIpc) is 2.90. The van der Waals surface area contributed by atoms with Crippen LogP contribution in [-0.4, -0.2) is 29.1 Å². The highest BCUT2D eigenvalue weighted by Gasteiger charge is 2.52. The van der Waals surface area contributed by atoms with Gasteiger partial charge in [-0.1, -0.05) is 29.3 Å². The van der Waals surface area contributed by atoms with Gasteiger partial charge in [0.05, 0.1) is 15.7 Å². The maximum absolute atomic E-state index is 12.3. The van der Waals surface area contributed by atoms with Crippen molar-refractivity contribution in [3.8, 4) is 0 Å². The summed E-state index contributed by atoms with van der Waals surface area (Å²) in [5.74, 6) is -4.14. The quantitative estimate of drug-likeness (QED) is 0.626. The van der Waals surface area contributed by atoms with Crippen molar-refractivity contribution in [1.82, 2.24) is 0 Å². The molecule has 3 rings (SSSR count). The molecule has 0 radical (unpaired) electrons. The Kier molecular flexibility index (Phi) is 4.51. The Labute approximate surface area is 142 Å². The van der Waals surface area contributed by atoms with E-state index in [9.17, 15) is 14.7 Å². The Morgan fingerprint density at radius 2 is 2.00 bits per heavy atom. The lowest BCUT2D eigenvalue weighted by Gasteiger charge is -2.38. The third kappa shape index (κ3) is 3.17. The lowest BCUT2D eigenvalue weighted by atomic mass is 10.1. The fourth-order valence-corrected chi connectivity index (χ4v) is 3.20. The molecule has 1 aliphatic carbocycles. The van der Waals surface area contributed by atoms with E-state index in [1.54, 1.807) is 12.1 Å². The molecule has 6 nitrogen and oxygen atoms in total. The number of ether oxygens (including phenoxy) is 2. The first-order chi connectivity index (χ1) is 10.9. The Hall–Kier alpha value is -1.34. The van der Waals surface area contributed by atoms with Crippen LogP contribution in [0.2, 0.25) is 10.0 Å². The summed E-state index contributed by atoms with van der Waals surface area (Å²) in [6.07, 6.45) is 1.16. The highest BCUT2D eigenvalue weighted by atomic mass is 35.5. The fourth-order valence-electron chi connectivity index (χ4n) is 2.86. The van der Waals surface area contributed by atoms with E-state index in [2.05, 4.69) is 5.32 Å². The number of amides is 1. The standard InChI is InChI=1S/C15H15Cl2NO5/c16-8-4-3-5-9(11(8)17)18-12(19)10-13(20)22-15(23-14(10)21)6-1-2-7-15/h3-5,10,13,20H,1-2,6-7H2,(H,18,19). The molecule has 2 aliphatic rings. The molecule has 1 aromatic carbocycles. The lowest BCUT2D eigenvalue weighted by Crippen LogP contribution is -2.54. The molecule has 2 unspecified atom stereocenters. The van der Waals surface area contributed by atoms with E-state index in [-0.39, 0.29) is 15.7 Å². The third-order valence-electron chi connectivity index (χ3n) is 4.02. The number of aliphatic hydroxyl groups is 1. The Balaban J connectivity index is 1.75. The molecule has 2 fully saturated rings. The molecular weight excluding hydrogens is 345 g/mol. The largest absolute Gasteiger partial charge is 0.432 e. The monoisotopic (exact) mass is 359 g/mol. The minimum absolute atomic E-state index is 0.148. The predicted molar refractivity (Wildman–Crippen MR) is 83.0 cm³/mol. The molecule has 1 spiro atoms. The number of esters is 1. The topological polar surface area (TPSA) is 84.9 Å². The number of aliphatic hydroxyl groups excluding tert-OH is 1. The highest BCUT2D eigenvalue weighted by molar-refractivity contribution is 6.44. The van der Waals surface area contributed by atoms with Gasteiger partial charge in [0.1, 0.15) is 0 Å². The first-order valence-corrected chi connectivity index (χ1v) is 8.01. The normalized spacial score (nSPS) is 26.1. The van der Waals surface area contributed by atoms with Crippen molar-refractivity contribution in [1.29, 1.82) is 0 Å². The number of benzene rings is 1. The summed E-state index contributed by atoms with van der Waals surface area (Å²) >= 11 is 11.9. The third-order valence-corrected chi connectivity index (χ3v) is 4.84. The van der Waals surface area contributed by atoms with Gasteiger partial charge in [0, 0.05) is 12.8 Å². The minimum atomic E-state index is -1.56. The van der Waals surface area contributed by atoms with E-state index in [1.165, 1.54) is 6.07 Å². The maximum Gasteiger partial charge on any atom is 0.326 e. The fraction of sp³-hybridized carbons (Fsp3) is 0.467. The molecule has 1 aliphatic heterocycles. The van der Waals surface area contributed by atoms with E-state index in [0.29, 0.717) is 12.8 Å². The Morgan fingerprint density at radius 1 is 1.30 bits per heavy atom. The van der Waals surface area contributed by atoms with Crippen LogP contribution >= 0.6 is 23.2 Å². The average molecular weight is 360 g/mol. The molecule has 23 heavy (non-hydrogen) atoms. The maximum atomic E-state index is 12.3. The molecule has 1 heterocycles. The zero-order valence-electron chi connectivity index (χ0n) is 12.1. The van der Waals surface area contributed by atoms with E-state index in [0.717, 1.165) is 12.8 Å². The Bertz CT molecular complexity index is 645. The summed E-state index contributed by atoms with van der Waals surface area (Å²) in [6, 6.07) is 4.70. The van der Waals surface area contributed by atoms with Crippen LogP contribution in [0, 0.1) is 5.92 Å². The number of hydrogen-bond donors (Lipinski definition) is 2. The van der Waals surface area contributed by atoms with Gasteiger partial charge in [-0.15, -0.1) is 0 Å². The number of rotatable bonds is 2. The van der Waals surface area contributed by atoms with Crippen LogP contribution in [-0.2, 0) is 19.1 Å². The molecule has 1 saturated heterocycles. The van der Waals surface area contributed by atoms with Gasteiger partial charge in [-0.25, -0.2) is 0 Å². The van der Waals surface area contributed by atoms with Crippen LogP contribution in [0.15, 0.2) is 18.2 Å². The predicted octanol–water partition coefficient (Wildman–Crippen LogP) is 2.71. The summed E-state index contributed by atoms with van der Waals surface area (Å²) in [5, 5.41) is 13.0. The molecule has 1 saturated carbocycles. The van der Waals surface area contributed by atoms with Gasteiger partial charge in [-0.2, -0.15) is 0 Å². The second-order valence-electron chi connectivity index (χ2n) is 5.62. The number of halogens is 2. The van der Waals surface area contributed by atoms with Crippen LogP contribution in [0.5, 0.6) is 0 Å². The van der Waals surface area contributed by atoms with Crippen molar-refractivity contribution in [2.24, 2.45) is 5.92 Å². The van der Waals surface area contributed by atoms with Crippen LogP contribution in [0.1, 0.15) is 25.7 Å². The summed E-state index contributed by atoms with van der Waals surface area (Å²) in [6.45, 7) is 0. The molecule has 1 aromatic rings. The van der Waals surface area contributed by atoms with Crippen molar-refractivity contribution in [2.45, 2.75) is 37.8 Å². The number of carbonyl (C=O) groups excluding carboxylic acids is 2. The molecule has 1 amide bonds. The summed E-state index contributed by atoms with van der Waals surface area (Å²) in [4.78, 5) is 24.5. The second kappa shape index (κ2) is 6.28. The zero-order chi connectivity index (χ0) is 16.6. The van der Waals surface area contributed by atoms with E-state index >= 15 is 0 Å². The molecule has 124 valence electrons. The zero-order valence-corrected chi connectivity index (χ0v) is 13.6. The second-order valence-corrected chi connectivity index (χ2v) is 6.40. The molecule has 2 atom stereocenters. The first kappa shape index (κ1) is 16.5. The summed E-state index contributed by atoms with van der Waals surface area (Å²) in [5.41, 5.74) is 0.241. The van der Waals surface area contributed by atoms with Gasteiger partial charge < -0.3 is 19.9 Å². The first-order valence-electron chi connectivity index (χ1n) is 7.25. The number of carbonyl (C=O) groups is 2. The van der Waals surface area contributed by atoms with Crippen molar-refractivity contribution < 1.29 is 24.2 Å². The van der Waals surface area contributed by atoms with Crippen molar-refractivity contribution >= 4 is 40.8 Å². The van der Waals surface area contributed by atoms with Crippen LogP contribution in [0.4, 0.5) is 5.69 Å². The lowest BCUT2D eigenvalue weighted by molar-refractivity contribution is -0.321. The molecular formula is C15H15Cl2NO5. The van der Waals surface area contributed by atoms with E-state index < -0.39 is 29.9 Å². The Morgan fingerprint density at radius 3 is 2.65 bits per heavy atom. The van der Waals surface area contributed by atoms with E-state index in [4.69, 9.17) is 32.7 Å². The molecule has 0 aromatic heterocycles. The molecule has 8 heteroatoms. The van der Waals surface area contributed by atoms with Crippen molar-refractivity contribution in [2.75, 3.05) is 5.32 Å². The van der Waals surface area contributed by atoms with Gasteiger partial charge >= 0.3 is 5.97 Å².